The molecule has 232 valence electrons. The Hall–Kier alpha value is -6.50. The van der Waals surface area contributed by atoms with Crippen LogP contribution in [0.15, 0.2) is 194 Å². The van der Waals surface area contributed by atoms with Gasteiger partial charge in [-0.3, -0.25) is 0 Å². The Kier molecular flexibility index (Phi) is 6.60. The number of rotatable bonds is 5. The lowest BCUT2D eigenvalue weighted by Crippen LogP contribution is -1.93. The molecule has 10 aromatic carbocycles. The molecule has 0 saturated carbocycles. The molecular formula is C50H32. The highest BCUT2D eigenvalue weighted by molar-refractivity contribution is 6.29. The molecular weight excluding hydrogens is 601 g/mol. The van der Waals surface area contributed by atoms with Gasteiger partial charge in [0, 0.05) is 0 Å². The van der Waals surface area contributed by atoms with E-state index in [-0.39, 0.29) is 0 Å². The molecule has 10 rings (SSSR count). The fraction of sp³-hybridized carbons (Fsp3) is 0. The highest BCUT2D eigenvalue weighted by Gasteiger charge is 2.20. The van der Waals surface area contributed by atoms with E-state index < -0.39 is 0 Å². The molecule has 0 fully saturated rings. The molecule has 0 heteroatoms. The minimum Gasteiger partial charge on any atom is -0.0622 e. The number of hydrogen-bond acceptors (Lipinski definition) is 0. The highest BCUT2D eigenvalue weighted by Crippen LogP contribution is 2.47. The summed E-state index contributed by atoms with van der Waals surface area (Å²) in [6.45, 7) is 0. The summed E-state index contributed by atoms with van der Waals surface area (Å²) in [4.78, 5) is 0. The van der Waals surface area contributed by atoms with Gasteiger partial charge in [0.05, 0.1) is 0 Å². The molecule has 0 saturated heterocycles. The van der Waals surface area contributed by atoms with Crippen molar-refractivity contribution < 1.29 is 0 Å². The summed E-state index contributed by atoms with van der Waals surface area (Å²) in [5.74, 6) is 0. The third-order valence-corrected chi connectivity index (χ3v) is 10.4. The van der Waals surface area contributed by atoms with Crippen LogP contribution in [0.3, 0.4) is 0 Å². The first kappa shape index (κ1) is 28.5. The molecule has 50 heavy (non-hydrogen) atoms. The molecule has 0 atom stereocenters. The standard InChI is InChI=1S/C50H32/c1-3-13-33(14-4-1)34-25-27-36(28-26-34)41-21-9-10-22-42(41)46-31-39-19-12-24-44-47(32-40-20-11-23-43(46)49(40)50(39)44)48-30-38-18-8-7-17-37(38)29-45(48)35-15-5-2-6-16-35/h1-32H. The Morgan fingerprint density at radius 2 is 0.600 bits per heavy atom. The van der Waals surface area contributed by atoms with Gasteiger partial charge in [0.15, 0.2) is 0 Å². The average Bonchev–Trinajstić information content (AvgIpc) is 3.20. The molecule has 0 aliphatic rings. The lowest BCUT2D eigenvalue weighted by atomic mass is 9.83. The first-order valence-electron chi connectivity index (χ1n) is 17.3. The summed E-state index contributed by atoms with van der Waals surface area (Å²) >= 11 is 0. The summed E-state index contributed by atoms with van der Waals surface area (Å²) in [5.41, 5.74) is 12.5. The van der Waals surface area contributed by atoms with Crippen molar-refractivity contribution in [1.29, 1.82) is 0 Å². The van der Waals surface area contributed by atoms with Gasteiger partial charge in [0.25, 0.3) is 0 Å². The van der Waals surface area contributed by atoms with Crippen molar-refractivity contribution in [2.24, 2.45) is 0 Å². The quantitative estimate of drug-likeness (QED) is 0.166. The fourth-order valence-electron chi connectivity index (χ4n) is 8.06. The zero-order valence-electron chi connectivity index (χ0n) is 27.5. The maximum absolute atomic E-state index is 2.43. The first-order valence-corrected chi connectivity index (χ1v) is 17.3. The molecule has 0 aromatic heterocycles. The van der Waals surface area contributed by atoms with Crippen molar-refractivity contribution in [3.63, 3.8) is 0 Å². The first-order chi connectivity index (χ1) is 24.8. The molecule has 0 spiro atoms. The maximum atomic E-state index is 2.43. The van der Waals surface area contributed by atoms with Crippen molar-refractivity contribution in [3.8, 4) is 55.6 Å². The van der Waals surface area contributed by atoms with Gasteiger partial charge in [0.2, 0.25) is 0 Å². The van der Waals surface area contributed by atoms with Crippen LogP contribution in [0, 0.1) is 0 Å². The molecule has 0 N–H and O–H groups in total. The van der Waals surface area contributed by atoms with Crippen LogP contribution in [0.2, 0.25) is 0 Å². The van der Waals surface area contributed by atoms with Crippen molar-refractivity contribution in [2.45, 2.75) is 0 Å². The van der Waals surface area contributed by atoms with E-state index in [4.69, 9.17) is 0 Å². The van der Waals surface area contributed by atoms with E-state index in [2.05, 4.69) is 194 Å². The van der Waals surface area contributed by atoms with Gasteiger partial charge in [-0.1, -0.05) is 170 Å². The Labute approximate surface area is 291 Å². The van der Waals surface area contributed by atoms with Gasteiger partial charge in [-0.25, -0.2) is 0 Å². The zero-order valence-corrected chi connectivity index (χ0v) is 27.5. The Morgan fingerprint density at radius 3 is 1.22 bits per heavy atom. The van der Waals surface area contributed by atoms with Gasteiger partial charge in [-0.15, -0.1) is 0 Å². The van der Waals surface area contributed by atoms with Crippen LogP contribution < -0.4 is 0 Å². The SMILES string of the molecule is c1ccc(-c2ccc(-c3ccccc3-c3cc4cccc5c(-c6cc7ccccc7cc6-c6ccccc6)cc6cccc3c6c45)cc2)cc1. The molecule has 0 heterocycles. The molecule has 10 aromatic rings. The van der Waals surface area contributed by atoms with Crippen LogP contribution in [0.25, 0.3) is 98.7 Å². The van der Waals surface area contributed by atoms with Gasteiger partial charge in [0.1, 0.15) is 0 Å². The average molecular weight is 633 g/mol. The third kappa shape index (κ3) is 4.61. The second-order valence-corrected chi connectivity index (χ2v) is 13.3. The van der Waals surface area contributed by atoms with Crippen LogP contribution >= 0.6 is 0 Å². The second-order valence-electron chi connectivity index (χ2n) is 13.3. The van der Waals surface area contributed by atoms with E-state index in [1.54, 1.807) is 0 Å². The predicted octanol–water partition coefficient (Wildman–Crippen LogP) is 14.1. The molecule has 0 nitrogen and oxygen atoms in total. The minimum atomic E-state index is 1.22. The van der Waals surface area contributed by atoms with E-state index >= 15 is 0 Å². The minimum absolute atomic E-state index is 1.22. The summed E-state index contributed by atoms with van der Waals surface area (Å²) in [7, 11) is 0. The van der Waals surface area contributed by atoms with Gasteiger partial charge >= 0.3 is 0 Å². The van der Waals surface area contributed by atoms with Crippen molar-refractivity contribution in [1.82, 2.24) is 0 Å². The van der Waals surface area contributed by atoms with Crippen LogP contribution in [-0.4, -0.2) is 0 Å². The predicted molar refractivity (Wildman–Crippen MR) is 215 cm³/mol. The van der Waals surface area contributed by atoms with E-state index in [0.29, 0.717) is 0 Å². The number of fused-ring (bicyclic) bond motifs is 1. The molecule has 0 unspecified atom stereocenters. The number of hydrogen-bond donors (Lipinski definition) is 0. The Bertz CT molecular complexity index is 2830. The lowest BCUT2D eigenvalue weighted by Gasteiger charge is -2.20. The normalized spacial score (nSPS) is 11.6. The molecule has 0 bridgehead atoms. The van der Waals surface area contributed by atoms with E-state index in [0.717, 1.165) is 0 Å². The number of benzene rings is 10. The van der Waals surface area contributed by atoms with Crippen molar-refractivity contribution in [3.05, 3.63) is 194 Å². The summed E-state index contributed by atoms with van der Waals surface area (Å²) < 4.78 is 0. The van der Waals surface area contributed by atoms with Gasteiger partial charge < -0.3 is 0 Å². The van der Waals surface area contributed by atoms with Crippen LogP contribution in [0.1, 0.15) is 0 Å². The fourth-order valence-corrected chi connectivity index (χ4v) is 8.06. The summed E-state index contributed by atoms with van der Waals surface area (Å²) in [5, 5.41) is 10.3. The molecule has 0 amide bonds. The van der Waals surface area contributed by atoms with Gasteiger partial charge in [-0.2, -0.15) is 0 Å². The third-order valence-electron chi connectivity index (χ3n) is 10.4. The lowest BCUT2D eigenvalue weighted by molar-refractivity contribution is 1.58. The van der Waals surface area contributed by atoms with E-state index in [1.165, 1.54) is 98.7 Å². The van der Waals surface area contributed by atoms with Crippen molar-refractivity contribution in [2.75, 3.05) is 0 Å². The summed E-state index contributed by atoms with van der Waals surface area (Å²) in [6, 6.07) is 71.3. The van der Waals surface area contributed by atoms with E-state index in [1.807, 2.05) is 0 Å². The summed E-state index contributed by atoms with van der Waals surface area (Å²) in [6.07, 6.45) is 0. The molecule has 0 aliphatic carbocycles. The topological polar surface area (TPSA) is 0 Å². The van der Waals surface area contributed by atoms with Crippen LogP contribution in [0.4, 0.5) is 0 Å². The Balaban J connectivity index is 1.20. The zero-order chi connectivity index (χ0) is 33.0. The Morgan fingerprint density at radius 1 is 0.200 bits per heavy atom. The van der Waals surface area contributed by atoms with Crippen molar-refractivity contribution >= 4 is 43.1 Å². The maximum Gasteiger partial charge on any atom is -0.00201 e. The van der Waals surface area contributed by atoms with Crippen LogP contribution in [-0.2, 0) is 0 Å². The molecule has 0 aliphatic heterocycles. The van der Waals surface area contributed by atoms with E-state index in [9.17, 15) is 0 Å². The largest absolute Gasteiger partial charge is 0.0622 e. The smallest absolute Gasteiger partial charge is 0.00201 e. The highest BCUT2D eigenvalue weighted by atomic mass is 14.2. The monoisotopic (exact) mass is 632 g/mol. The molecule has 0 radical (unpaired) electrons. The van der Waals surface area contributed by atoms with Crippen LogP contribution in [0.5, 0.6) is 0 Å². The van der Waals surface area contributed by atoms with Gasteiger partial charge in [-0.05, 0) is 123 Å². The second kappa shape index (κ2) is 11.6.